The molecule has 0 aliphatic rings. The van der Waals surface area contributed by atoms with Gasteiger partial charge in [-0.15, -0.1) is 0 Å². The van der Waals surface area contributed by atoms with Gasteiger partial charge < -0.3 is 10.6 Å². The number of nitrogens with two attached hydrogens (primary N) is 1. The Labute approximate surface area is 110 Å². The lowest BCUT2D eigenvalue weighted by atomic mass is 10.2. The van der Waals surface area contributed by atoms with Crippen molar-refractivity contribution in [3.63, 3.8) is 0 Å². The molecule has 0 amide bonds. The maximum absolute atomic E-state index is 12.5. The standard InChI is InChI=1S/C12H19F3N4/c1-4-19(7-12(13,14)15)10-6-17-11(8(2)3)18-9(10)5-16/h6,8H,4-5,7,16H2,1-3H3. The van der Waals surface area contributed by atoms with E-state index in [2.05, 4.69) is 9.97 Å². The van der Waals surface area contributed by atoms with Crippen LogP contribution in [0, 0.1) is 0 Å². The number of nitrogens with zero attached hydrogens (tertiary/aromatic N) is 3. The molecule has 0 aliphatic heterocycles. The first-order chi connectivity index (χ1) is 8.78. The van der Waals surface area contributed by atoms with Gasteiger partial charge in [-0.05, 0) is 6.92 Å². The van der Waals surface area contributed by atoms with E-state index in [1.807, 2.05) is 13.8 Å². The van der Waals surface area contributed by atoms with Crippen molar-refractivity contribution in [1.29, 1.82) is 0 Å². The van der Waals surface area contributed by atoms with Crippen LogP contribution in [0.15, 0.2) is 6.20 Å². The third-order valence-corrected chi connectivity index (χ3v) is 2.67. The first kappa shape index (κ1) is 15.7. The Bertz CT molecular complexity index is 418. The summed E-state index contributed by atoms with van der Waals surface area (Å²) >= 11 is 0. The van der Waals surface area contributed by atoms with Crippen molar-refractivity contribution in [3.05, 3.63) is 17.7 Å². The van der Waals surface area contributed by atoms with E-state index in [4.69, 9.17) is 5.73 Å². The zero-order chi connectivity index (χ0) is 14.6. The smallest absolute Gasteiger partial charge is 0.360 e. The van der Waals surface area contributed by atoms with E-state index in [-0.39, 0.29) is 19.0 Å². The van der Waals surface area contributed by atoms with Crippen LogP contribution < -0.4 is 10.6 Å². The van der Waals surface area contributed by atoms with Gasteiger partial charge in [-0.3, -0.25) is 0 Å². The maximum atomic E-state index is 12.5. The molecular weight excluding hydrogens is 257 g/mol. The summed E-state index contributed by atoms with van der Waals surface area (Å²) in [6.07, 6.45) is -2.83. The summed E-state index contributed by atoms with van der Waals surface area (Å²) in [6.45, 7) is 4.78. The Hall–Kier alpha value is -1.37. The quantitative estimate of drug-likeness (QED) is 0.897. The van der Waals surface area contributed by atoms with Crippen LogP contribution in [0.2, 0.25) is 0 Å². The minimum Gasteiger partial charge on any atom is -0.360 e. The molecule has 1 aromatic rings. The number of halogens is 3. The monoisotopic (exact) mass is 276 g/mol. The predicted molar refractivity (Wildman–Crippen MR) is 68.0 cm³/mol. The minimum absolute atomic E-state index is 0.0892. The zero-order valence-electron chi connectivity index (χ0n) is 11.3. The molecule has 4 nitrogen and oxygen atoms in total. The van der Waals surface area contributed by atoms with Crippen LogP contribution in [0.4, 0.5) is 18.9 Å². The van der Waals surface area contributed by atoms with E-state index < -0.39 is 12.7 Å². The van der Waals surface area contributed by atoms with Crippen LogP contribution in [0.1, 0.15) is 38.2 Å². The molecule has 7 heteroatoms. The minimum atomic E-state index is -4.27. The number of alkyl halides is 3. The Kier molecular flexibility index (Phi) is 5.11. The Morgan fingerprint density at radius 2 is 2.00 bits per heavy atom. The van der Waals surface area contributed by atoms with Gasteiger partial charge in [0.05, 0.1) is 17.6 Å². The van der Waals surface area contributed by atoms with Crippen LogP contribution in [0.25, 0.3) is 0 Å². The average molecular weight is 276 g/mol. The van der Waals surface area contributed by atoms with Gasteiger partial charge in [-0.25, -0.2) is 9.97 Å². The molecule has 0 fully saturated rings. The summed E-state index contributed by atoms with van der Waals surface area (Å²) in [6, 6.07) is 0. The van der Waals surface area contributed by atoms with Gasteiger partial charge in [0, 0.05) is 19.0 Å². The average Bonchev–Trinajstić information content (AvgIpc) is 2.34. The topological polar surface area (TPSA) is 55.0 Å². The molecule has 0 saturated heterocycles. The highest BCUT2D eigenvalue weighted by molar-refractivity contribution is 5.49. The Morgan fingerprint density at radius 3 is 2.42 bits per heavy atom. The third-order valence-electron chi connectivity index (χ3n) is 2.67. The van der Waals surface area contributed by atoms with Gasteiger partial charge >= 0.3 is 6.18 Å². The first-order valence-corrected chi connectivity index (χ1v) is 6.16. The van der Waals surface area contributed by atoms with Gasteiger partial charge in [0.15, 0.2) is 0 Å². The molecule has 1 aromatic heterocycles. The molecule has 0 spiro atoms. The van der Waals surface area contributed by atoms with E-state index in [0.717, 1.165) is 0 Å². The zero-order valence-corrected chi connectivity index (χ0v) is 11.3. The highest BCUT2D eigenvalue weighted by Gasteiger charge is 2.31. The third kappa shape index (κ3) is 4.34. The second-order valence-corrected chi connectivity index (χ2v) is 4.55. The molecule has 0 aromatic carbocycles. The number of anilines is 1. The summed E-state index contributed by atoms with van der Waals surface area (Å²) in [5.41, 5.74) is 6.38. The second-order valence-electron chi connectivity index (χ2n) is 4.55. The molecule has 2 N–H and O–H groups in total. The SMILES string of the molecule is CCN(CC(F)(F)F)c1cnc(C(C)C)nc1CN. The predicted octanol–water partition coefficient (Wildman–Crippen LogP) is 2.45. The molecule has 108 valence electrons. The number of rotatable bonds is 5. The number of aromatic nitrogens is 2. The molecular formula is C12H19F3N4. The molecule has 0 atom stereocenters. The molecule has 19 heavy (non-hydrogen) atoms. The van der Waals surface area contributed by atoms with Gasteiger partial charge in [0.2, 0.25) is 0 Å². The van der Waals surface area contributed by atoms with Crippen molar-refractivity contribution in [2.24, 2.45) is 5.73 Å². The highest BCUT2D eigenvalue weighted by atomic mass is 19.4. The van der Waals surface area contributed by atoms with Crippen molar-refractivity contribution in [2.45, 2.75) is 39.4 Å². The lowest BCUT2D eigenvalue weighted by Crippen LogP contribution is -2.35. The van der Waals surface area contributed by atoms with Gasteiger partial charge in [0.1, 0.15) is 12.4 Å². The molecule has 0 unspecified atom stereocenters. The van der Waals surface area contributed by atoms with Crippen molar-refractivity contribution in [2.75, 3.05) is 18.0 Å². The van der Waals surface area contributed by atoms with E-state index in [0.29, 0.717) is 17.2 Å². The molecule has 0 radical (unpaired) electrons. The van der Waals surface area contributed by atoms with Crippen LogP contribution >= 0.6 is 0 Å². The summed E-state index contributed by atoms with van der Waals surface area (Å²) in [4.78, 5) is 9.54. The molecule has 0 aliphatic carbocycles. The first-order valence-electron chi connectivity index (χ1n) is 6.16. The van der Waals surface area contributed by atoms with E-state index in [1.54, 1.807) is 6.92 Å². The maximum Gasteiger partial charge on any atom is 0.405 e. The number of hydrogen-bond acceptors (Lipinski definition) is 4. The van der Waals surface area contributed by atoms with Crippen LogP contribution in [0.5, 0.6) is 0 Å². The lowest BCUT2D eigenvalue weighted by Gasteiger charge is -2.26. The van der Waals surface area contributed by atoms with Crippen LogP contribution in [-0.2, 0) is 6.54 Å². The lowest BCUT2D eigenvalue weighted by molar-refractivity contribution is -0.119. The summed E-state index contributed by atoms with van der Waals surface area (Å²) in [5, 5.41) is 0. The van der Waals surface area contributed by atoms with Crippen molar-refractivity contribution >= 4 is 5.69 Å². The molecule has 1 heterocycles. The van der Waals surface area contributed by atoms with E-state index >= 15 is 0 Å². The van der Waals surface area contributed by atoms with Crippen LogP contribution in [0.3, 0.4) is 0 Å². The van der Waals surface area contributed by atoms with Gasteiger partial charge in [0.25, 0.3) is 0 Å². The molecule has 1 rings (SSSR count). The Balaban J connectivity index is 3.10. The molecule has 0 bridgehead atoms. The fourth-order valence-corrected chi connectivity index (χ4v) is 1.70. The summed E-state index contributed by atoms with van der Waals surface area (Å²) < 4.78 is 37.5. The van der Waals surface area contributed by atoms with Crippen molar-refractivity contribution < 1.29 is 13.2 Å². The van der Waals surface area contributed by atoms with Gasteiger partial charge in [-0.2, -0.15) is 13.2 Å². The summed E-state index contributed by atoms with van der Waals surface area (Å²) in [5.74, 6) is 0.698. The second kappa shape index (κ2) is 6.18. The van der Waals surface area contributed by atoms with Crippen molar-refractivity contribution in [3.8, 4) is 0 Å². The highest BCUT2D eigenvalue weighted by Crippen LogP contribution is 2.24. The fraction of sp³-hybridized carbons (Fsp3) is 0.667. The number of hydrogen-bond donors (Lipinski definition) is 1. The summed E-state index contributed by atoms with van der Waals surface area (Å²) in [7, 11) is 0. The van der Waals surface area contributed by atoms with Gasteiger partial charge in [-0.1, -0.05) is 13.8 Å². The van der Waals surface area contributed by atoms with Crippen molar-refractivity contribution in [1.82, 2.24) is 9.97 Å². The largest absolute Gasteiger partial charge is 0.405 e. The fourth-order valence-electron chi connectivity index (χ4n) is 1.70. The molecule has 0 saturated carbocycles. The van der Waals surface area contributed by atoms with E-state index in [9.17, 15) is 13.2 Å². The Morgan fingerprint density at radius 1 is 1.37 bits per heavy atom. The van der Waals surface area contributed by atoms with Crippen LogP contribution in [-0.4, -0.2) is 29.2 Å². The van der Waals surface area contributed by atoms with E-state index in [1.165, 1.54) is 11.1 Å². The normalized spacial score (nSPS) is 12.0.